The third-order valence-corrected chi connectivity index (χ3v) is 6.58. The molecule has 0 aliphatic carbocycles. The number of Topliss-reactive ketones (excluding diaryl/α,β-unsaturated/α-hetero) is 1. The highest BCUT2D eigenvalue weighted by atomic mass is 32.1. The predicted molar refractivity (Wildman–Crippen MR) is 119 cm³/mol. The summed E-state index contributed by atoms with van der Waals surface area (Å²) in [6.07, 6.45) is 0.335. The average molecular weight is 490 g/mol. The number of ether oxygens (including phenoxy) is 2. The van der Waals surface area contributed by atoms with E-state index in [1.165, 1.54) is 30.2 Å². The molecule has 3 aromatic rings. The molecular formula is C23H21F2N3O5S. The highest BCUT2D eigenvalue weighted by Crippen LogP contribution is 2.33. The molecule has 11 heteroatoms. The minimum absolute atomic E-state index is 0.0565. The van der Waals surface area contributed by atoms with Crippen LogP contribution in [0.3, 0.4) is 0 Å². The Morgan fingerprint density at radius 2 is 1.79 bits per heavy atom. The van der Waals surface area contributed by atoms with Gasteiger partial charge >= 0.3 is 5.97 Å². The van der Waals surface area contributed by atoms with Crippen molar-refractivity contribution in [3.63, 3.8) is 0 Å². The van der Waals surface area contributed by atoms with Gasteiger partial charge in [-0.15, -0.1) is 0 Å². The molecule has 1 aromatic carbocycles. The molecule has 1 aliphatic rings. The number of ketones is 1. The average Bonchev–Trinajstić information content (AvgIpc) is 3.26. The minimum atomic E-state index is -1.52. The summed E-state index contributed by atoms with van der Waals surface area (Å²) in [5, 5.41) is 0. The van der Waals surface area contributed by atoms with Gasteiger partial charge in [0.05, 0.1) is 18.9 Å². The van der Waals surface area contributed by atoms with E-state index in [0.29, 0.717) is 10.3 Å². The number of piperidine rings is 1. The number of carbonyl (C=O) groups excluding carboxylic acids is 3. The van der Waals surface area contributed by atoms with Gasteiger partial charge in [-0.2, -0.15) is 4.37 Å². The summed E-state index contributed by atoms with van der Waals surface area (Å²) in [6, 6.07) is 7.23. The van der Waals surface area contributed by atoms with Crippen molar-refractivity contribution < 1.29 is 32.6 Å². The van der Waals surface area contributed by atoms with E-state index in [2.05, 4.69) is 14.1 Å². The highest BCUT2D eigenvalue weighted by molar-refractivity contribution is 7.13. The Morgan fingerprint density at radius 1 is 1.12 bits per heavy atom. The summed E-state index contributed by atoms with van der Waals surface area (Å²) in [7, 11) is 2.46. The van der Waals surface area contributed by atoms with Gasteiger partial charge in [-0.3, -0.25) is 9.59 Å². The number of hydrogen-bond acceptors (Lipinski definition) is 8. The lowest BCUT2D eigenvalue weighted by atomic mass is 9.87. The van der Waals surface area contributed by atoms with E-state index >= 15 is 4.39 Å². The number of nitrogens with zero attached hydrogens (tertiary/aromatic N) is 3. The Morgan fingerprint density at radius 3 is 2.41 bits per heavy atom. The molecule has 1 aliphatic heterocycles. The molecule has 8 nitrogen and oxygen atoms in total. The number of carbonyl (C=O) groups is 3. The van der Waals surface area contributed by atoms with Crippen LogP contribution in [0.4, 0.5) is 8.78 Å². The van der Waals surface area contributed by atoms with Gasteiger partial charge in [-0.25, -0.2) is 18.6 Å². The van der Waals surface area contributed by atoms with Crippen molar-refractivity contribution >= 4 is 39.4 Å². The van der Waals surface area contributed by atoms with E-state index in [0.717, 1.165) is 18.6 Å². The molecule has 0 N–H and O–H groups in total. The van der Waals surface area contributed by atoms with Crippen molar-refractivity contribution in [2.24, 2.45) is 0 Å². The van der Waals surface area contributed by atoms with E-state index in [9.17, 15) is 18.8 Å². The first-order valence-electron chi connectivity index (χ1n) is 10.4. The van der Waals surface area contributed by atoms with Crippen molar-refractivity contribution in [3.05, 3.63) is 53.1 Å². The largest absolute Gasteiger partial charge is 0.494 e. The lowest BCUT2D eigenvalue weighted by molar-refractivity contribution is -0.135. The first-order valence-corrected chi connectivity index (χ1v) is 11.2. The fourth-order valence-corrected chi connectivity index (χ4v) is 4.65. The minimum Gasteiger partial charge on any atom is -0.494 e. The van der Waals surface area contributed by atoms with Gasteiger partial charge < -0.3 is 14.4 Å². The maximum Gasteiger partial charge on any atom is 0.381 e. The number of likely N-dealkylation sites (tertiary alicyclic amines) is 1. The molecule has 0 atom stereocenters. The van der Waals surface area contributed by atoms with E-state index in [4.69, 9.17) is 4.74 Å². The molecule has 1 fully saturated rings. The van der Waals surface area contributed by atoms with Crippen molar-refractivity contribution in [2.75, 3.05) is 27.3 Å². The first kappa shape index (κ1) is 23.7. The second kappa shape index (κ2) is 9.41. The van der Waals surface area contributed by atoms with Crippen molar-refractivity contribution in [2.45, 2.75) is 24.9 Å². The summed E-state index contributed by atoms with van der Waals surface area (Å²) in [4.78, 5) is 43.0. The second-order valence-corrected chi connectivity index (χ2v) is 8.79. The zero-order valence-electron chi connectivity index (χ0n) is 18.5. The molecule has 2 aromatic heterocycles. The fourth-order valence-electron chi connectivity index (χ4n) is 3.91. The van der Waals surface area contributed by atoms with E-state index in [1.54, 1.807) is 12.1 Å². The monoisotopic (exact) mass is 489 g/mol. The van der Waals surface area contributed by atoms with Gasteiger partial charge in [0.25, 0.3) is 11.7 Å². The summed E-state index contributed by atoms with van der Waals surface area (Å²) >= 11 is 0.938. The maximum atomic E-state index is 15.4. The van der Waals surface area contributed by atoms with Crippen LogP contribution in [0.5, 0.6) is 5.75 Å². The van der Waals surface area contributed by atoms with E-state index in [-0.39, 0.29) is 60.8 Å². The van der Waals surface area contributed by atoms with Crippen LogP contribution < -0.4 is 4.74 Å². The van der Waals surface area contributed by atoms with Gasteiger partial charge in [-0.05, 0) is 42.1 Å². The number of pyridine rings is 1. The number of hydrogen-bond donors (Lipinski definition) is 0. The van der Waals surface area contributed by atoms with Crippen LogP contribution in [0, 0.1) is 5.82 Å². The Labute approximate surface area is 197 Å². The third-order valence-electron chi connectivity index (χ3n) is 5.80. The molecule has 0 radical (unpaired) electrons. The van der Waals surface area contributed by atoms with Gasteiger partial charge in [0.15, 0.2) is 17.1 Å². The summed E-state index contributed by atoms with van der Waals surface area (Å²) in [5.41, 5.74) is -1.00. The lowest BCUT2D eigenvalue weighted by Crippen LogP contribution is -2.45. The number of aromatic nitrogens is 2. The van der Waals surface area contributed by atoms with E-state index < -0.39 is 23.3 Å². The van der Waals surface area contributed by atoms with Crippen LogP contribution in [0.15, 0.2) is 30.3 Å². The Balaban J connectivity index is 1.55. The molecule has 0 saturated carbocycles. The highest BCUT2D eigenvalue weighted by Gasteiger charge is 2.37. The zero-order chi connectivity index (χ0) is 24.5. The number of methoxy groups -OCH3 is 2. The number of fused-ring (bicyclic) bond motifs is 1. The molecule has 1 amide bonds. The summed E-state index contributed by atoms with van der Waals surface area (Å²) in [6.45, 7) is 0.296. The topological polar surface area (TPSA) is 98.7 Å². The van der Waals surface area contributed by atoms with Crippen LogP contribution >= 0.6 is 11.5 Å². The van der Waals surface area contributed by atoms with Gasteiger partial charge in [0.2, 0.25) is 0 Å². The Kier molecular flexibility index (Phi) is 6.56. The molecule has 178 valence electrons. The molecule has 3 heterocycles. The van der Waals surface area contributed by atoms with Crippen molar-refractivity contribution in [1.29, 1.82) is 0 Å². The quantitative estimate of drug-likeness (QED) is 0.297. The fraction of sp³-hybridized carbons (Fsp3) is 0.348. The molecule has 1 saturated heterocycles. The maximum absolute atomic E-state index is 15.4. The van der Waals surface area contributed by atoms with Crippen molar-refractivity contribution in [1.82, 2.24) is 14.3 Å². The second-order valence-electron chi connectivity index (χ2n) is 7.98. The Bertz CT molecular complexity index is 1250. The van der Waals surface area contributed by atoms with Gasteiger partial charge in [-0.1, -0.05) is 12.1 Å². The van der Waals surface area contributed by atoms with Crippen LogP contribution in [-0.2, 0) is 16.0 Å². The Hall–Kier alpha value is -3.47. The number of halogens is 2. The molecule has 4 rings (SSSR count). The number of alkyl halides is 1. The SMILES string of the molecule is COC(=O)C(=O)c1nsc2cc(OC)c(C(=O)N3CCC(F)(Cc4ccc(F)cc4)CC3)nc12. The first-order chi connectivity index (χ1) is 16.2. The zero-order valence-corrected chi connectivity index (χ0v) is 19.3. The number of amides is 1. The predicted octanol–water partition coefficient (Wildman–Crippen LogP) is 3.38. The van der Waals surface area contributed by atoms with Crippen LogP contribution in [0.25, 0.3) is 10.2 Å². The van der Waals surface area contributed by atoms with Crippen molar-refractivity contribution in [3.8, 4) is 5.75 Å². The standard InChI is InChI=1S/C23H21F2N3O5S/c1-32-15-11-16-18(19(27-34-16)20(29)22(31)33-2)26-17(15)21(30)28-9-7-23(25,8-10-28)12-13-3-5-14(24)6-4-13/h3-6,11H,7-10,12H2,1-2H3. The third kappa shape index (κ3) is 4.60. The van der Waals surface area contributed by atoms with Gasteiger partial charge in [0.1, 0.15) is 17.0 Å². The number of benzene rings is 1. The molecule has 0 spiro atoms. The summed E-state index contributed by atoms with van der Waals surface area (Å²) < 4.78 is 42.8. The van der Waals surface area contributed by atoms with Crippen LogP contribution in [-0.4, -0.2) is 64.9 Å². The van der Waals surface area contributed by atoms with Crippen LogP contribution in [0.2, 0.25) is 0 Å². The van der Waals surface area contributed by atoms with Gasteiger partial charge in [0, 0.05) is 25.6 Å². The normalized spacial score (nSPS) is 15.2. The molecule has 0 bridgehead atoms. The molecular weight excluding hydrogens is 468 g/mol. The number of esters is 1. The molecule has 34 heavy (non-hydrogen) atoms. The number of rotatable bonds is 6. The lowest BCUT2D eigenvalue weighted by Gasteiger charge is -2.36. The molecule has 0 unspecified atom stereocenters. The summed E-state index contributed by atoms with van der Waals surface area (Å²) in [5.74, 6) is -2.74. The van der Waals surface area contributed by atoms with E-state index in [1.807, 2.05) is 0 Å². The smallest absolute Gasteiger partial charge is 0.381 e. The van der Waals surface area contributed by atoms with Crippen LogP contribution in [0.1, 0.15) is 39.4 Å².